The number of carbonyl (C=O) groups excluding carboxylic acids is 1. The first-order valence-corrected chi connectivity index (χ1v) is 6.54. The Kier molecular flexibility index (Phi) is 5.26. The van der Waals surface area contributed by atoms with Crippen LogP contribution in [0.1, 0.15) is 46.0 Å². The lowest BCUT2D eigenvalue weighted by molar-refractivity contribution is -0.136. The fourth-order valence-electron chi connectivity index (χ4n) is 2.45. The molecule has 3 heteroatoms. The van der Waals surface area contributed by atoms with Crippen LogP contribution in [-0.2, 0) is 4.79 Å². The summed E-state index contributed by atoms with van der Waals surface area (Å²) in [5.74, 6) is 0.488. The Bertz CT molecular complexity index is 222. The minimum Gasteiger partial charge on any atom is -0.343 e. The van der Waals surface area contributed by atoms with Crippen molar-refractivity contribution in [2.75, 3.05) is 14.1 Å². The van der Waals surface area contributed by atoms with Crippen molar-refractivity contribution in [1.29, 1.82) is 0 Å². The predicted molar refractivity (Wildman–Crippen MR) is 67.3 cm³/mol. The summed E-state index contributed by atoms with van der Waals surface area (Å²) in [5, 5.41) is 3.32. The van der Waals surface area contributed by atoms with Crippen LogP contribution in [0.5, 0.6) is 0 Å². The number of nitrogens with one attached hydrogen (secondary N) is 1. The van der Waals surface area contributed by atoms with Gasteiger partial charge in [-0.2, -0.15) is 0 Å². The zero-order valence-corrected chi connectivity index (χ0v) is 11.1. The molecule has 1 aliphatic rings. The van der Waals surface area contributed by atoms with Gasteiger partial charge in [0.05, 0.1) is 0 Å². The highest BCUT2D eigenvalue weighted by Crippen LogP contribution is 2.23. The second-order valence-electron chi connectivity index (χ2n) is 5.05. The molecule has 0 aromatic heterocycles. The van der Waals surface area contributed by atoms with Crippen molar-refractivity contribution in [2.24, 2.45) is 5.92 Å². The summed E-state index contributed by atoms with van der Waals surface area (Å²) in [4.78, 5) is 14.0. The fraction of sp³-hybridized carbons (Fsp3) is 0.923. The van der Waals surface area contributed by atoms with Crippen LogP contribution in [0.15, 0.2) is 0 Å². The molecule has 0 aliphatic heterocycles. The van der Waals surface area contributed by atoms with E-state index in [2.05, 4.69) is 12.2 Å². The average Bonchev–Trinajstić information content (AvgIpc) is 2.36. The standard InChI is InChI=1S/C13H26N2O/c1-5-10(2)13(16)15(4)12-8-6-11(14-3)7-9-12/h10-12,14H,5-9H2,1-4H3. The Morgan fingerprint density at radius 1 is 1.38 bits per heavy atom. The van der Waals surface area contributed by atoms with Gasteiger partial charge < -0.3 is 10.2 Å². The van der Waals surface area contributed by atoms with E-state index in [4.69, 9.17) is 0 Å². The maximum absolute atomic E-state index is 12.0. The van der Waals surface area contributed by atoms with Crippen molar-refractivity contribution in [1.82, 2.24) is 10.2 Å². The third kappa shape index (κ3) is 3.21. The summed E-state index contributed by atoms with van der Waals surface area (Å²) in [5.41, 5.74) is 0. The maximum Gasteiger partial charge on any atom is 0.225 e. The van der Waals surface area contributed by atoms with Gasteiger partial charge in [0.15, 0.2) is 0 Å². The van der Waals surface area contributed by atoms with Gasteiger partial charge in [0.2, 0.25) is 5.91 Å². The van der Waals surface area contributed by atoms with Gasteiger partial charge in [-0.05, 0) is 39.2 Å². The van der Waals surface area contributed by atoms with Crippen LogP contribution in [0.2, 0.25) is 0 Å². The van der Waals surface area contributed by atoms with Crippen LogP contribution in [-0.4, -0.2) is 37.0 Å². The SMILES string of the molecule is CCC(C)C(=O)N(C)C1CCC(NC)CC1. The minimum absolute atomic E-state index is 0.173. The summed E-state index contributed by atoms with van der Waals surface area (Å²) in [7, 11) is 4.00. The molecular weight excluding hydrogens is 200 g/mol. The Morgan fingerprint density at radius 3 is 2.38 bits per heavy atom. The summed E-state index contributed by atoms with van der Waals surface area (Å²) in [6, 6.07) is 1.12. The summed E-state index contributed by atoms with van der Waals surface area (Å²) >= 11 is 0. The predicted octanol–water partition coefficient (Wildman–Crippen LogP) is 2.02. The van der Waals surface area contributed by atoms with Gasteiger partial charge in [0.25, 0.3) is 0 Å². The van der Waals surface area contributed by atoms with Gasteiger partial charge in [0, 0.05) is 25.0 Å². The van der Waals surface area contributed by atoms with E-state index >= 15 is 0 Å². The molecule has 3 nitrogen and oxygen atoms in total. The van der Waals surface area contributed by atoms with Gasteiger partial charge in [-0.3, -0.25) is 4.79 Å². The Labute approximate surface area is 99.6 Å². The molecule has 0 aromatic rings. The molecule has 1 atom stereocenters. The van der Waals surface area contributed by atoms with Gasteiger partial charge in [-0.25, -0.2) is 0 Å². The van der Waals surface area contributed by atoms with Gasteiger partial charge in [0.1, 0.15) is 0 Å². The fourth-order valence-corrected chi connectivity index (χ4v) is 2.45. The van der Waals surface area contributed by atoms with Crippen molar-refractivity contribution in [2.45, 2.75) is 58.0 Å². The molecule has 1 fully saturated rings. The number of carbonyl (C=O) groups is 1. The highest BCUT2D eigenvalue weighted by molar-refractivity contribution is 5.78. The minimum atomic E-state index is 0.173. The second kappa shape index (κ2) is 6.24. The molecule has 1 aliphatic carbocycles. The summed E-state index contributed by atoms with van der Waals surface area (Å²) in [6.07, 6.45) is 5.61. The van der Waals surface area contributed by atoms with E-state index < -0.39 is 0 Å². The molecule has 0 saturated heterocycles. The van der Waals surface area contributed by atoms with Crippen LogP contribution >= 0.6 is 0 Å². The van der Waals surface area contributed by atoms with Crippen molar-refractivity contribution in [3.05, 3.63) is 0 Å². The van der Waals surface area contributed by atoms with Crippen LogP contribution in [0.25, 0.3) is 0 Å². The van der Waals surface area contributed by atoms with E-state index in [0.717, 1.165) is 19.3 Å². The molecule has 0 radical (unpaired) electrons. The third-order valence-electron chi connectivity index (χ3n) is 4.03. The lowest BCUT2D eigenvalue weighted by Crippen LogP contribution is -2.44. The zero-order valence-electron chi connectivity index (χ0n) is 11.1. The molecule has 1 N–H and O–H groups in total. The average molecular weight is 226 g/mol. The quantitative estimate of drug-likeness (QED) is 0.795. The van der Waals surface area contributed by atoms with E-state index in [9.17, 15) is 4.79 Å². The zero-order chi connectivity index (χ0) is 12.1. The normalized spacial score (nSPS) is 27.5. The van der Waals surface area contributed by atoms with E-state index in [1.807, 2.05) is 25.9 Å². The number of hydrogen-bond acceptors (Lipinski definition) is 2. The van der Waals surface area contributed by atoms with Crippen LogP contribution in [0.4, 0.5) is 0 Å². The van der Waals surface area contributed by atoms with Crippen molar-refractivity contribution in [3.8, 4) is 0 Å². The highest BCUT2D eigenvalue weighted by atomic mass is 16.2. The van der Waals surface area contributed by atoms with Crippen molar-refractivity contribution >= 4 is 5.91 Å². The molecule has 1 unspecified atom stereocenters. The lowest BCUT2D eigenvalue weighted by atomic mass is 9.90. The summed E-state index contributed by atoms with van der Waals surface area (Å²) < 4.78 is 0. The first-order chi connectivity index (χ1) is 7.60. The topological polar surface area (TPSA) is 32.3 Å². The van der Waals surface area contributed by atoms with Crippen molar-refractivity contribution < 1.29 is 4.79 Å². The second-order valence-corrected chi connectivity index (χ2v) is 5.05. The summed E-state index contributed by atoms with van der Waals surface area (Å²) in [6.45, 7) is 4.10. The van der Waals surface area contributed by atoms with Crippen LogP contribution in [0, 0.1) is 5.92 Å². The van der Waals surface area contributed by atoms with E-state index in [0.29, 0.717) is 18.0 Å². The first-order valence-electron chi connectivity index (χ1n) is 6.54. The number of amides is 1. The molecule has 0 heterocycles. The number of nitrogens with zero attached hydrogens (tertiary/aromatic N) is 1. The van der Waals surface area contributed by atoms with Crippen molar-refractivity contribution in [3.63, 3.8) is 0 Å². The molecular formula is C13H26N2O. The molecule has 94 valence electrons. The van der Waals surface area contributed by atoms with Crippen LogP contribution < -0.4 is 5.32 Å². The van der Waals surface area contributed by atoms with Gasteiger partial charge in [-0.1, -0.05) is 13.8 Å². The highest BCUT2D eigenvalue weighted by Gasteiger charge is 2.27. The Balaban J connectivity index is 2.43. The molecule has 0 bridgehead atoms. The smallest absolute Gasteiger partial charge is 0.225 e. The molecule has 1 amide bonds. The van der Waals surface area contributed by atoms with Gasteiger partial charge >= 0.3 is 0 Å². The third-order valence-corrected chi connectivity index (χ3v) is 4.03. The number of rotatable bonds is 4. The molecule has 1 rings (SSSR count). The van der Waals surface area contributed by atoms with E-state index in [1.54, 1.807) is 0 Å². The van der Waals surface area contributed by atoms with Gasteiger partial charge in [-0.15, -0.1) is 0 Å². The molecule has 1 saturated carbocycles. The van der Waals surface area contributed by atoms with E-state index in [1.165, 1.54) is 12.8 Å². The van der Waals surface area contributed by atoms with E-state index in [-0.39, 0.29) is 5.92 Å². The maximum atomic E-state index is 12.0. The molecule has 0 spiro atoms. The monoisotopic (exact) mass is 226 g/mol. The first kappa shape index (κ1) is 13.5. The number of hydrogen-bond donors (Lipinski definition) is 1. The lowest BCUT2D eigenvalue weighted by Gasteiger charge is -2.35. The Morgan fingerprint density at radius 2 is 1.94 bits per heavy atom. The molecule has 16 heavy (non-hydrogen) atoms. The Hall–Kier alpha value is -0.570. The largest absolute Gasteiger partial charge is 0.343 e. The molecule has 0 aromatic carbocycles. The van der Waals surface area contributed by atoms with Crippen LogP contribution in [0.3, 0.4) is 0 Å².